The van der Waals surface area contributed by atoms with Gasteiger partial charge in [0, 0.05) is 4.90 Å². The summed E-state index contributed by atoms with van der Waals surface area (Å²) >= 11 is 1.59. The summed E-state index contributed by atoms with van der Waals surface area (Å²) in [6.07, 6.45) is 1.67. The van der Waals surface area contributed by atoms with Gasteiger partial charge in [-0.2, -0.15) is 0 Å². The van der Waals surface area contributed by atoms with Gasteiger partial charge in [-0.1, -0.05) is 11.8 Å². The minimum absolute atomic E-state index is 0.869. The Bertz CT molecular complexity index is 378. The molecule has 0 radical (unpaired) electrons. The predicted molar refractivity (Wildman–Crippen MR) is 55.8 cm³/mol. The van der Waals surface area contributed by atoms with Gasteiger partial charge in [0.1, 0.15) is 5.75 Å². The largest absolute Gasteiger partial charge is 0.497 e. The van der Waals surface area contributed by atoms with E-state index in [-0.39, 0.29) is 0 Å². The fourth-order valence-electron chi connectivity index (χ4n) is 1.08. The zero-order valence-corrected chi connectivity index (χ0v) is 8.58. The molecule has 0 saturated carbocycles. The van der Waals surface area contributed by atoms with Crippen LogP contribution in [0.3, 0.4) is 0 Å². The maximum Gasteiger partial charge on any atom is 0.164 e. The molecule has 2 rings (SSSR count). The van der Waals surface area contributed by atoms with E-state index in [2.05, 4.69) is 0 Å². The molecule has 0 saturated heterocycles. The summed E-state index contributed by atoms with van der Waals surface area (Å²) in [4.78, 5) is 1.14. The van der Waals surface area contributed by atoms with Gasteiger partial charge in [0.2, 0.25) is 0 Å². The van der Waals surface area contributed by atoms with Crippen molar-refractivity contribution in [2.24, 2.45) is 0 Å². The van der Waals surface area contributed by atoms with E-state index in [4.69, 9.17) is 9.15 Å². The van der Waals surface area contributed by atoms with Crippen LogP contribution in [-0.2, 0) is 0 Å². The van der Waals surface area contributed by atoms with E-state index in [9.17, 15) is 0 Å². The molecule has 0 aliphatic rings. The Kier molecular flexibility index (Phi) is 2.79. The van der Waals surface area contributed by atoms with Crippen molar-refractivity contribution in [3.8, 4) is 5.75 Å². The minimum Gasteiger partial charge on any atom is -0.497 e. The van der Waals surface area contributed by atoms with Crippen molar-refractivity contribution in [1.29, 1.82) is 0 Å². The molecule has 0 spiro atoms. The maximum atomic E-state index is 5.23. The van der Waals surface area contributed by atoms with E-state index in [0.717, 1.165) is 15.7 Å². The van der Waals surface area contributed by atoms with Crippen molar-refractivity contribution >= 4 is 11.8 Å². The smallest absolute Gasteiger partial charge is 0.164 e. The van der Waals surface area contributed by atoms with Crippen LogP contribution in [0, 0.1) is 0 Å². The zero-order valence-electron chi connectivity index (χ0n) is 7.77. The Morgan fingerprint density at radius 3 is 2.50 bits per heavy atom. The van der Waals surface area contributed by atoms with E-state index in [0.29, 0.717) is 0 Å². The lowest BCUT2D eigenvalue weighted by molar-refractivity contribution is 0.414. The molecule has 0 bridgehead atoms. The molecular weight excluding hydrogens is 196 g/mol. The number of hydrogen-bond donors (Lipinski definition) is 0. The molecule has 0 aliphatic heterocycles. The Morgan fingerprint density at radius 1 is 1.14 bits per heavy atom. The molecule has 14 heavy (non-hydrogen) atoms. The minimum atomic E-state index is 0.869. The fraction of sp³-hybridized carbons (Fsp3) is 0.0909. The van der Waals surface area contributed by atoms with Gasteiger partial charge in [-0.15, -0.1) is 0 Å². The Hall–Kier alpha value is -1.35. The van der Waals surface area contributed by atoms with Crippen molar-refractivity contribution < 1.29 is 9.15 Å². The van der Waals surface area contributed by atoms with Crippen LogP contribution in [-0.4, -0.2) is 7.11 Å². The molecule has 0 amide bonds. The van der Waals surface area contributed by atoms with Crippen molar-refractivity contribution in [2.45, 2.75) is 9.99 Å². The van der Waals surface area contributed by atoms with Crippen LogP contribution in [0.15, 0.2) is 57.1 Å². The van der Waals surface area contributed by atoms with Crippen molar-refractivity contribution in [2.75, 3.05) is 7.11 Å². The number of benzene rings is 1. The molecule has 0 atom stereocenters. The quantitative estimate of drug-likeness (QED) is 0.768. The molecular formula is C11H10O2S. The van der Waals surface area contributed by atoms with Crippen LogP contribution in [0.5, 0.6) is 5.75 Å². The van der Waals surface area contributed by atoms with Crippen molar-refractivity contribution in [3.63, 3.8) is 0 Å². The summed E-state index contributed by atoms with van der Waals surface area (Å²) in [7, 11) is 1.66. The van der Waals surface area contributed by atoms with E-state index in [1.807, 2.05) is 36.4 Å². The van der Waals surface area contributed by atoms with Crippen molar-refractivity contribution in [3.05, 3.63) is 42.7 Å². The van der Waals surface area contributed by atoms with Gasteiger partial charge >= 0.3 is 0 Å². The third-order valence-corrected chi connectivity index (χ3v) is 2.71. The number of furan rings is 1. The van der Waals surface area contributed by atoms with Crippen LogP contribution in [0.25, 0.3) is 0 Å². The molecule has 2 aromatic rings. The first-order valence-corrected chi connectivity index (χ1v) is 5.05. The molecule has 2 nitrogen and oxygen atoms in total. The van der Waals surface area contributed by atoms with Gasteiger partial charge in [-0.25, -0.2) is 0 Å². The van der Waals surface area contributed by atoms with Crippen LogP contribution in [0.2, 0.25) is 0 Å². The monoisotopic (exact) mass is 206 g/mol. The average molecular weight is 206 g/mol. The van der Waals surface area contributed by atoms with Gasteiger partial charge in [0.25, 0.3) is 0 Å². The molecule has 1 aromatic heterocycles. The van der Waals surface area contributed by atoms with E-state index in [1.165, 1.54) is 0 Å². The first kappa shape index (κ1) is 9.21. The van der Waals surface area contributed by atoms with Crippen molar-refractivity contribution in [1.82, 2.24) is 0 Å². The molecule has 1 heterocycles. The summed E-state index contributed by atoms with van der Waals surface area (Å²) in [5.41, 5.74) is 0. The highest BCUT2D eigenvalue weighted by Gasteiger charge is 1.99. The summed E-state index contributed by atoms with van der Waals surface area (Å²) in [5, 5.41) is 0.898. The highest BCUT2D eigenvalue weighted by molar-refractivity contribution is 7.99. The van der Waals surface area contributed by atoms with Gasteiger partial charge in [0.15, 0.2) is 5.09 Å². The Morgan fingerprint density at radius 2 is 1.93 bits per heavy atom. The van der Waals surface area contributed by atoms with E-state index < -0.39 is 0 Å². The highest BCUT2D eigenvalue weighted by Crippen LogP contribution is 2.28. The summed E-state index contributed by atoms with van der Waals surface area (Å²) in [6.45, 7) is 0. The maximum absolute atomic E-state index is 5.23. The fourth-order valence-corrected chi connectivity index (χ4v) is 1.84. The second kappa shape index (κ2) is 4.24. The van der Waals surface area contributed by atoms with Gasteiger partial charge in [-0.05, 0) is 36.4 Å². The van der Waals surface area contributed by atoms with Gasteiger partial charge in [0.05, 0.1) is 13.4 Å². The number of methoxy groups -OCH3 is 1. The normalized spacial score (nSPS) is 10.1. The summed E-state index contributed by atoms with van der Waals surface area (Å²) in [6, 6.07) is 11.7. The summed E-state index contributed by atoms with van der Waals surface area (Å²) in [5.74, 6) is 0.869. The second-order valence-electron chi connectivity index (χ2n) is 2.71. The van der Waals surface area contributed by atoms with Crippen LogP contribution < -0.4 is 4.74 Å². The lowest BCUT2D eigenvalue weighted by atomic mass is 10.3. The molecule has 72 valence electrons. The van der Waals surface area contributed by atoms with Gasteiger partial charge < -0.3 is 9.15 Å². The summed E-state index contributed by atoms with van der Waals surface area (Å²) < 4.78 is 10.3. The molecule has 0 aliphatic carbocycles. The second-order valence-corrected chi connectivity index (χ2v) is 3.79. The van der Waals surface area contributed by atoms with Crippen LogP contribution in [0.1, 0.15) is 0 Å². The Labute approximate surface area is 86.9 Å². The third kappa shape index (κ3) is 2.12. The third-order valence-electron chi connectivity index (χ3n) is 1.77. The zero-order chi connectivity index (χ0) is 9.80. The highest BCUT2D eigenvalue weighted by atomic mass is 32.2. The number of rotatable bonds is 3. The molecule has 1 aromatic carbocycles. The predicted octanol–water partition coefficient (Wildman–Crippen LogP) is 3.44. The topological polar surface area (TPSA) is 22.4 Å². The first-order valence-electron chi connectivity index (χ1n) is 4.24. The lowest BCUT2D eigenvalue weighted by Gasteiger charge is -2.00. The van der Waals surface area contributed by atoms with E-state index >= 15 is 0 Å². The first-order chi connectivity index (χ1) is 6.88. The van der Waals surface area contributed by atoms with E-state index in [1.54, 1.807) is 25.1 Å². The molecule has 3 heteroatoms. The molecule has 0 N–H and O–H groups in total. The average Bonchev–Trinajstić information content (AvgIpc) is 2.72. The van der Waals surface area contributed by atoms with Crippen LogP contribution in [0.4, 0.5) is 0 Å². The standard InChI is InChI=1S/C11H10O2S/c1-12-9-4-6-10(7-5-9)14-11-3-2-8-13-11/h2-8H,1H3. The van der Waals surface area contributed by atoms with Crippen LogP contribution >= 0.6 is 11.8 Å². The Balaban J connectivity index is 2.10. The molecule has 0 fully saturated rings. The number of ether oxygens (including phenoxy) is 1. The number of hydrogen-bond acceptors (Lipinski definition) is 3. The lowest BCUT2D eigenvalue weighted by Crippen LogP contribution is -1.80. The molecule has 0 unspecified atom stereocenters. The SMILES string of the molecule is COc1ccc(Sc2ccco2)cc1. The van der Waals surface area contributed by atoms with Gasteiger partial charge in [-0.3, -0.25) is 0 Å².